The van der Waals surface area contributed by atoms with E-state index in [4.69, 9.17) is 16.6 Å². The molecular weight excluding hydrogens is 501 g/mol. The van der Waals surface area contributed by atoms with E-state index in [1.807, 2.05) is 47.4 Å². The van der Waals surface area contributed by atoms with Crippen molar-refractivity contribution >= 4 is 39.9 Å². The molecule has 0 atom stereocenters. The van der Waals surface area contributed by atoms with Gasteiger partial charge in [-0.1, -0.05) is 48.0 Å². The van der Waals surface area contributed by atoms with Crippen LogP contribution in [0.25, 0.3) is 10.9 Å². The number of carbonyl (C=O) groups excluding carboxylic acids is 1. The molecule has 0 spiro atoms. The van der Waals surface area contributed by atoms with Crippen LogP contribution in [0.4, 0.5) is 24.7 Å². The number of piperazine rings is 1. The first-order chi connectivity index (χ1) is 17.8. The molecule has 1 saturated heterocycles. The van der Waals surface area contributed by atoms with Gasteiger partial charge in [0.1, 0.15) is 5.82 Å². The molecule has 1 aromatic heterocycles. The number of fused-ring (bicyclic) bond motifs is 1. The number of anilines is 2. The second-order valence-corrected chi connectivity index (χ2v) is 9.32. The number of halogens is 4. The first-order valence-electron chi connectivity index (χ1n) is 11.9. The maximum Gasteiger partial charge on any atom is 0.416 e. The molecule has 0 unspecified atom stereocenters. The lowest BCUT2D eigenvalue weighted by Crippen LogP contribution is -2.47. The zero-order valence-corrected chi connectivity index (χ0v) is 20.6. The van der Waals surface area contributed by atoms with E-state index < -0.39 is 11.7 Å². The molecule has 9 heteroatoms. The summed E-state index contributed by atoms with van der Waals surface area (Å²) in [6.07, 6.45) is -4.38. The molecule has 3 aromatic carbocycles. The van der Waals surface area contributed by atoms with Crippen molar-refractivity contribution in [2.75, 3.05) is 36.0 Å². The monoisotopic (exact) mass is 524 g/mol. The summed E-state index contributed by atoms with van der Waals surface area (Å²) in [5.41, 5.74) is 2.00. The van der Waals surface area contributed by atoms with E-state index in [0.29, 0.717) is 60.3 Å². The summed E-state index contributed by atoms with van der Waals surface area (Å²) < 4.78 is 39.4. The van der Waals surface area contributed by atoms with Gasteiger partial charge in [0.2, 0.25) is 0 Å². The largest absolute Gasteiger partial charge is 0.416 e. The number of pyridine rings is 1. The van der Waals surface area contributed by atoms with Gasteiger partial charge in [0.15, 0.2) is 0 Å². The van der Waals surface area contributed by atoms with Crippen LogP contribution in [0, 0.1) is 0 Å². The molecule has 5 nitrogen and oxygen atoms in total. The van der Waals surface area contributed by atoms with E-state index in [0.717, 1.165) is 17.0 Å². The van der Waals surface area contributed by atoms with Crippen molar-refractivity contribution in [1.82, 2.24) is 10.3 Å². The Hall–Kier alpha value is -3.78. The molecule has 37 heavy (non-hydrogen) atoms. The summed E-state index contributed by atoms with van der Waals surface area (Å²) in [5.74, 6) is 0.442. The quantitative estimate of drug-likeness (QED) is 0.339. The predicted molar refractivity (Wildman–Crippen MR) is 140 cm³/mol. The summed E-state index contributed by atoms with van der Waals surface area (Å²) in [5, 5.41) is 4.32. The fourth-order valence-electron chi connectivity index (χ4n) is 4.51. The minimum absolute atomic E-state index is 0.220. The lowest BCUT2D eigenvalue weighted by atomic mass is 10.1. The van der Waals surface area contributed by atoms with Gasteiger partial charge in [-0.15, -0.1) is 0 Å². The molecule has 1 aliphatic rings. The average molecular weight is 525 g/mol. The number of nitrogens with one attached hydrogen (secondary N) is 1. The van der Waals surface area contributed by atoms with Crippen molar-refractivity contribution in [2.45, 2.75) is 12.7 Å². The van der Waals surface area contributed by atoms with Gasteiger partial charge in [0.25, 0.3) is 5.91 Å². The van der Waals surface area contributed by atoms with E-state index >= 15 is 0 Å². The fourth-order valence-corrected chi connectivity index (χ4v) is 4.72. The van der Waals surface area contributed by atoms with E-state index in [1.165, 1.54) is 12.1 Å². The third-order valence-corrected chi connectivity index (χ3v) is 6.67. The number of amides is 1. The lowest BCUT2D eigenvalue weighted by Gasteiger charge is -2.37. The summed E-state index contributed by atoms with van der Waals surface area (Å²) in [4.78, 5) is 22.0. The highest BCUT2D eigenvalue weighted by atomic mass is 35.5. The number of alkyl halides is 3. The zero-order chi connectivity index (χ0) is 26.0. The Kier molecular flexibility index (Phi) is 6.93. The second kappa shape index (κ2) is 10.3. The van der Waals surface area contributed by atoms with Crippen molar-refractivity contribution in [3.8, 4) is 0 Å². The Morgan fingerprint density at radius 1 is 0.892 bits per heavy atom. The van der Waals surface area contributed by atoms with E-state index in [9.17, 15) is 18.0 Å². The number of aromatic nitrogens is 1. The van der Waals surface area contributed by atoms with Crippen LogP contribution >= 0.6 is 11.6 Å². The van der Waals surface area contributed by atoms with Crippen molar-refractivity contribution < 1.29 is 18.0 Å². The average Bonchev–Trinajstić information content (AvgIpc) is 2.91. The number of para-hydroxylation sites is 1. The van der Waals surface area contributed by atoms with Gasteiger partial charge >= 0.3 is 6.18 Å². The third kappa shape index (κ3) is 5.64. The molecule has 0 aliphatic carbocycles. The lowest BCUT2D eigenvalue weighted by molar-refractivity contribution is -0.137. The number of rotatable bonds is 5. The minimum Gasteiger partial charge on any atom is -0.368 e. The number of hydrogen-bond donors (Lipinski definition) is 1. The maximum atomic E-state index is 13.2. The van der Waals surface area contributed by atoms with Crippen molar-refractivity contribution in [3.63, 3.8) is 0 Å². The third-order valence-electron chi connectivity index (χ3n) is 6.43. The summed E-state index contributed by atoms with van der Waals surface area (Å²) in [6.45, 7) is 2.52. The van der Waals surface area contributed by atoms with Crippen LogP contribution in [-0.4, -0.2) is 37.1 Å². The van der Waals surface area contributed by atoms with Crippen LogP contribution in [0.2, 0.25) is 5.02 Å². The van der Waals surface area contributed by atoms with Gasteiger partial charge < -0.3 is 15.1 Å². The smallest absolute Gasteiger partial charge is 0.368 e. The van der Waals surface area contributed by atoms with Crippen molar-refractivity contribution in [1.29, 1.82) is 0 Å². The standard InChI is InChI=1S/C28H24ClF3N4O/c29-21-7-3-5-19(15-21)18-33-27(37)24-17-26(34-25-10-2-1-9-23(24)25)36-13-11-35(12-14-36)22-8-4-6-20(16-22)28(30,31)32/h1-10,15-17H,11-14,18H2,(H,33,37). The number of nitrogens with zero attached hydrogens (tertiary/aromatic N) is 3. The highest BCUT2D eigenvalue weighted by Crippen LogP contribution is 2.32. The Morgan fingerprint density at radius 2 is 1.62 bits per heavy atom. The molecule has 1 amide bonds. The highest BCUT2D eigenvalue weighted by molar-refractivity contribution is 6.30. The minimum atomic E-state index is -4.38. The molecule has 1 N–H and O–H groups in total. The fraction of sp³-hybridized carbons (Fsp3) is 0.214. The van der Waals surface area contributed by atoms with Crippen LogP contribution in [0.3, 0.4) is 0 Å². The van der Waals surface area contributed by atoms with Crippen LogP contribution in [0.15, 0.2) is 78.9 Å². The van der Waals surface area contributed by atoms with Crippen LogP contribution < -0.4 is 15.1 Å². The zero-order valence-electron chi connectivity index (χ0n) is 19.8. The molecule has 0 bridgehead atoms. The molecule has 2 heterocycles. The summed E-state index contributed by atoms with van der Waals surface area (Å²) >= 11 is 6.06. The second-order valence-electron chi connectivity index (χ2n) is 8.88. The Labute approximate surface area is 217 Å². The molecule has 5 rings (SSSR count). The molecular formula is C28H24ClF3N4O. The van der Waals surface area contributed by atoms with Crippen LogP contribution in [-0.2, 0) is 12.7 Å². The first kappa shape index (κ1) is 24.9. The van der Waals surface area contributed by atoms with Gasteiger partial charge in [0.05, 0.1) is 16.6 Å². The first-order valence-corrected chi connectivity index (χ1v) is 12.3. The maximum absolute atomic E-state index is 13.2. The van der Waals surface area contributed by atoms with Crippen molar-refractivity contribution in [3.05, 3.63) is 101 Å². The van der Waals surface area contributed by atoms with Crippen molar-refractivity contribution in [2.24, 2.45) is 0 Å². The molecule has 0 saturated carbocycles. The SMILES string of the molecule is O=C(NCc1cccc(Cl)c1)c1cc(N2CCN(c3cccc(C(F)(F)F)c3)CC2)nc2ccccc12. The normalized spacial score (nSPS) is 14.2. The molecule has 1 fully saturated rings. The van der Waals surface area contributed by atoms with E-state index in [2.05, 4.69) is 10.2 Å². The van der Waals surface area contributed by atoms with Gasteiger partial charge in [-0.2, -0.15) is 13.2 Å². The van der Waals surface area contributed by atoms with Gasteiger partial charge in [-0.05, 0) is 48.0 Å². The Bertz CT molecular complexity index is 1430. The highest BCUT2D eigenvalue weighted by Gasteiger charge is 2.31. The molecule has 4 aromatic rings. The summed E-state index contributed by atoms with van der Waals surface area (Å²) in [6, 6.07) is 22.0. The molecule has 1 aliphatic heterocycles. The summed E-state index contributed by atoms with van der Waals surface area (Å²) in [7, 11) is 0. The van der Waals surface area contributed by atoms with Crippen LogP contribution in [0.5, 0.6) is 0 Å². The molecule has 0 radical (unpaired) electrons. The number of hydrogen-bond acceptors (Lipinski definition) is 4. The number of benzene rings is 3. The van der Waals surface area contributed by atoms with Gasteiger partial charge in [-0.25, -0.2) is 4.98 Å². The predicted octanol–water partition coefficient (Wildman–Crippen LogP) is 6.16. The Morgan fingerprint density at radius 3 is 2.38 bits per heavy atom. The van der Waals surface area contributed by atoms with Gasteiger partial charge in [0, 0.05) is 48.8 Å². The number of carbonyl (C=O) groups is 1. The van der Waals surface area contributed by atoms with Gasteiger partial charge in [-0.3, -0.25) is 4.79 Å². The Balaban J connectivity index is 1.34. The molecule has 190 valence electrons. The van der Waals surface area contributed by atoms with Crippen LogP contribution in [0.1, 0.15) is 21.5 Å². The topological polar surface area (TPSA) is 48.5 Å². The van der Waals surface area contributed by atoms with E-state index in [1.54, 1.807) is 18.2 Å². The van der Waals surface area contributed by atoms with E-state index in [-0.39, 0.29) is 5.91 Å².